The molecule has 0 aromatic rings. The van der Waals surface area contributed by atoms with E-state index < -0.39 is 12.1 Å². The molecule has 2 aliphatic heterocycles. The summed E-state index contributed by atoms with van der Waals surface area (Å²) in [4.78, 5) is 10.5. The minimum absolute atomic E-state index is 0.219. The highest BCUT2D eigenvalue weighted by Gasteiger charge is 2.59. The van der Waals surface area contributed by atoms with Crippen molar-refractivity contribution in [3.05, 3.63) is 0 Å². The maximum absolute atomic E-state index is 10.5. The molecule has 0 radical (unpaired) electrons. The van der Waals surface area contributed by atoms with Gasteiger partial charge in [0.05, 0.1) is 5.60 Å². The van der Waals surface area contributed by atoms with Gasteiger partial charge in [-0.1, -0.05) is 0 Å². The molecule has 3 N–H and O–H groups in total. The Labute approximate surface area is 64.3 Å². The predicted molar refractivity (Wildman–Crippen MR) is 37.0 cm³/mol. The smallest absolute Gasteiger partial charge is 0.333 e. The molecule has 0 amide bonds. The van der Waals surface area contributed by atoms with Crippen molar-refractivity contribution in [1.82, 2.24) is 0 Å². The van der Waals surface area contributed by atoms with Gasteiger partial charge < -0.3 is 15.6 Å². The number of fused-ring (bicyclic) bond motifs is 1. The number of rotatable bonds is 2. The Morgan fingerprint density at radius 2 is 2.36 bits per heavy atom. The summed E-state index contributed by atoms with van der Waals surface area (Å²) in [6, 6.07) is 0. The molecule has 3 rings (SSSR count). The van der Waals surface area contributed by atoms with E-state index in [0.29, 0.717) is 6.54 Å². The molecule has 3 fully saturated rings. The largest absolute Gasteiger partial charge is 0.479 e. The van der Waals surface area contributed by atoms with Crippen LogP contribution in [0.15, 0.2) is 0 Å². The first-order valence-corrected chi connectivity index (χ1v) is 3.77. The van der Waals surface area contributed by atoms with Crippen molar-refractivity contribution in [3.63, 3.8) is 0 Å². The molecule has 62 valence electrons. The van der Waals surface area contributed by atoms with Crippen LogP contribution in [0.5, 0.6) is 0 Å². The third kappa shape index (κ3) is 0.795. The van der Waals surface area contributed by atoms with Crippen LogP contribution in [0, 0.1) is 5.92 Å². The summed E-state index contributed by atoms with van der Waals surface area (Å²) >= 11 is 0. The summed E-state index contributed by atoms with van der Waals surface area (Å²) in [5.74, 6) is -0.626. The Morgan fingerprint density at radius 3 is 2.64 bits per heavy atom. The average Bonchev–Trinajstić information content (AvgIpc) is 2.38. The molecule has 0 spiro atoms. The first-order chi connectivity index (χ1) is 5.17. The zero-order chi connectivity index (χ0) is 8.06. The van der Waals surface area contributed by atoms with E-state index in [9.17, 15) is 4.79 Å². The highest BCUT2D eigenvalue weighted by atomic mass is 16.5. The fraction of sp³-hybridized carbons (Fsp3) is 0.857. The van der Waals surface area contributed by atoms with Crippen molar-refractivity contribution >= 4 is 5.97 Å². The van der Waals surface area contributed by atoms with E-state index in [0.717, 1.165) is 12.8 Å². The van der Waals surface area contributed by atoms with Gasteiger partial charge in [0.2, 0.25) is 0 Å². The second-order valence-electron chi connectivity index (χ2n) is 3.43. The SMILES string of the molecule is NCC12CC(C1)C(C(=O)O)O2. The van der Waals surface area contributed by atoms with Crippen LogP contribution in [0.1, 0.15) is 12.8 Å². The Balaban J connectivity index is 2.08. The second-order valence-corrected chi connectivity index (χ2v) is 3.43. The van der Waals surface area contributed by atoms with Gasteiger partial charge in [0.1, 0.15) is 0 Å². The van der Waals surface area contributed by atoms with Crippen LogP contribution in [0.3, 0.4) is 0 Å². The number of nitrogens with two attached hydrogens (primary N) is 1. The van der Waals surface area contributed by atoms with Crippen LogP contribution in [0.25, 0.3) is 0 Å². The van der Waals surface area contributed by atoms with Crippen LogP contribution in [-0.2, 0) is 9.53 Å². The Kier molecular flexibility index (Phi) is 1.25. The molecule has 2 saturated heterocycles. The highest BCUT2D eigenvalue weighted by Crippen LogP contribution is 2.51. The molecule has 4 heteroatoms. The van der Waals surface area contributed by atoms with Crippen LogP contribution in [0.4, 0.5) is 0 Å². The van der Waals surface area contributed by atoms with E-state index in [-0.39, 0.29) is 11.5 Å². The zero-order valence-corrected chi connectivity index (χ0v) is 6.12. The van der Waals surface area contributed by atoms with Gasteiger partial charge in [0.25, 0.3) is 0 Å². The van der Waals surface area contributed by atoms with Gasteiger partial charge in [-0.2, -0.15) is 0 Å². The van der Waals surface area contributed by atoms with Crippen molar-refractivity contribution in [3.8, 4) is 0 Å². The molecule has 0 aromatic heterocycles. The first-order valence-electron chi connectivity index (χ1n) is 3.77. The standard InChI is InChI=1S/C7H11NO3/c8-3-7-1-4(2-7)5(11-7)6(9)10/h4-5H,1-3,8H2,(H,9,10). The molecule has 0 aromatic carbocycles. The van der Waals surface area contributed by atoms with Gasteiger partial charge in [-0.05, 0) is 12.8 Å². The monoisotopic (exact) mass is 157 g/mol. The Morgan fingerprint density at radius 1 is 1.73 bits per heavy atom. The molecule has 1 unspecified atom stereocenters. The lowest BCUT2D eigenvalue weighted by Gasteiger charge is -2.33. The molecule has 1 atom stereocenters. The predicted octanol–water partition coefficient (Wildman–Crippen LogP) is -0.423. The van der Waals surface area contributed by atoms with Gasteiger partial charge in [-0.25, -0.2) is 4.79 Å². The average molecular weight is 157 g/mol. The van der Waals surface area contributed by atoms with E-state index in [1.807, 2.05) is 0 Å². The topological polar surface area (TPSA) is 72.6 Å². The van der Waals surface area contributed by atoms with E-state index in [4.69, 9.17) is 15.6 Å². The van der Waals surface area contributed by atoms with Gasteiger partial charge in [-0.15, -0.1) is 0 Å². The molecule has 1 saturated carbocycles. The zero-order valence-electron chi connectivity index (χ0n) is 6.12. The summed E-state index contributed by atoms with van der Waals surface area (Å²) in [6.45, 7) is 0.452. The minimum atomic E-state index is -0.845. The number of carboxylic acid groups (broad SMARTS) is 1. The molecular weight excluding hydrogens is 146 g/mol. The van der Waals surface area contributed by atoms with Crippen molar-refractivity contribution in [2.75, 3.05) is 6.54 Å². The maximum Gasteiger partial charge on any atom is 0.333 e. The number of hydrogen-bond acceptors (Lipinski definition) is 3. The van der Waals surface area contributed by atoms with Crippen molar-refractivity contribution in [2.24, 2.45) is 11.7 Å². The van der Waals surface area contributed by atoms with Crippen molar-refractivity contribution in [1.29, 1.82) is 0 Å². The quantitative estimate of drug-likeness (QED) is 0.571. The molecule has 1 aliphatic carbocycles. The maximum atomic E-state index is 10.5. The van der Waals surface area contributed by atoms with Gasteiger partial charge in [-0.3, -0.25) is 0 Å². The van der Waals surface area contributed by atoms with Gasteiger partial charge in [0, 0.05) is 12.5 Å². The molecular formula is C7H11NO3. The van der Waals surface area contributed by atoms with Crippen LogP contribution < -0.4 is 5.73 Å². The van der Waals surface area contributed by atoms with Crippen molar-refractivity contribution < 1.29 is 14.6 Å². The second kappa shape index (κ2) is 1.95. The normalized spacial score (nSPS) is 47.0. The lowest BCUT2D eigenvalue weighted by atomic mass is 9.72. The number of carbonyl (C=O) groups is 1. The number of aliphatic carboxylic acids is 1. The highest BCUT2D eigenvalue weighted by molar-refractivity contribution is 5.74. The van der Waals surface area contributed by atoms with Crippen LogP contribution in [-0.4, -0.2) is 29.3 Å². The Bertz CT molecular complexity index is 198. The molecule has 11 heavy (non-hydrogen) atoms. The molecule has 3 aliphatic rings. The van der Waals surface area contributed by atoms with Crippen LogP contribution >= 0.6 is 0 Å². The summed E-state index contributed by atoms with van der Waals surface area (Å²) in [5.41, 5.74) is 5.18. The first kappa shape index (κ1) is 7.06. The molecule has 4 nitrogen and oxygen atoms in total. The summed E-state index contributed by atoms with van der Waals surface area (Å²) in [6.07, 6.45) is 1.08. The molecule has 2 heterocycles. The summed E-state index contributed by atoms with van der Waals surface area (Å²) in [5, 5.41) is 8.65. The number of carboxylic acids is 1. The lowest BCUT2D eigenvalue weighted by Crippen LogP contribution is -2.43. The number of hydrogen-bond donors (Lipinski definition) is 2. The van der Waals surface area contributed by atoms with Gasteiger partial charge >= 0.3 is 5.97 Å². The lowest BCUT2D eigenvalue weighted by molar-refractivity contribution is -0.149. The van der Waals surface area contributed by atoms with Gasteiger partial charge in [0.15, 0.2) is 6.10 Å². The van der Waals surface area contributed by atoms with E-state index in [1.54, 1.807) is 0 Å². The fourth-order valence-electron chi connectivity index (χ4n) is 2.04. The van der Waals surface area contributed by atoms with Crippen LogP contribution in [0.2, 0.25) is 0 Å². The van der Waals surface area contributed by atoms with E-state index in [2.05, 4.69) is 0 Å². The molecule has 2 bridgehead atoms. The van der Waals surface area contributed by atoms with Crippen molar-refractivity contribution in [2.45, 2.75) is 24.5 Å². The minimum Gasteiger partial charge on any atom is -0.479 e. The fourth-order valence-corrected chi connectivity index (χ4v) is 2.04. The van der Waals surface area contributed by atoms with E-state index >= 15 is 0 Å². The third-order valence-corrected chi connectivity index (χ3v) is 2.69. The summed E-state index contributed by atoms with van der Waals surface area (Å²) in [7, 11) is 0. The number of ether oxygens (including phenoxy) is 1. The van der Waals surface area contributed by atoms with E-state index in [1.165, 1.54) is 0 Å². The Hall–Kier alpha value is -0.610. The third-order valence-electron chi connectivity index (χ3n) is 2.69. The summed E-state index contributed by atoms with van der Waals surface area (Å²) < 4.78 is 5.31.